The Morgan fingerprint density at radius 3 is 2.82 bits per heavy atom. The lowest BCUT2D eigenvalue weighted by molar-refractivity contribution is 0.680. The van der Waals surface area contributed by atoms with Crippen molar-refractivity contribution in [2.75, 3.05) is 5.73 Å². The first-order valence-corrected chi connectivity index (χ1v) is 6.62. The predicted octanol–water partition coefficient (Wildman–Crippen LogP) is 1.62. The van der Waals surface area contributed by atoms with Crippen LogP contribution in [0.1, 0.15) is 11.3 Å². The van der Waals surface area contributed by atoms with E-state index in [9.17, 15) is 4.21 Å². The van der Waals surface area contributed by atoms with E-state index in [1.807, 2.05) is 44.4 Å². The molecule has 0 spiro atoms. The first-order valence-electron chi connectivity index (χ1n) is 5.30. The van der Waals surface area contributed by atoms with Crippen LogP contribution in [-0.4, -0.2) is 14.0 Å². The van der Waals surface area contributed by atoms with E-state index in [0.717, 1.165) is 16.2 Å². The summed E-state index contributed by atoms with van der Waals surface area (Å²) in [6.07, 6.45) is 1.85. The molecule has 2 N–H and O–H groups in total. The Labute approximate surface area is 103 Å². The van der Waals surface area contributed by atoms with Crippen molar-refractivity contribution in [2.24, 2.45) is 7.05 Å². The first kappa shape index (κ1) is 11.9. The van der Waals surface area contributed by atoms with Crippen LogP contribution in [0.25, 0.3) is 0 Å². The van der Waals surface area contributed by atoms with Gasteiger partial charge in [-0.25, -0.2) is 0 Å². The monoisotopic (exact) mass is 249 g/mol. The molecule has 0 radical (unpaired) electrons. The molecule has 1 heterocycles. The highest BCUT2D eigenvalue weighted by molar-refractivity contribution is 7.84. The van der Waals surface area contributed by atoms with Crippen LogP contribution in [0.15, 0.2) is 35.4 Å². The molecule has 4 nitrogen and oxygen atoms in total. The highest BCUT2D eigenvalue weighted by Gasteiger charge is 2.11. The zero-order chi connectivity index (χ0) is 12.4. The van der Waals surface area contributed by atoms with Gasteiger partial charge < -0.3 is 5.73 Å². The second-order valence-corrected chi connectivity index (χ2v) is 5.36. The maximum atomic E-state index is 12.2. The van der Waals surface area contributed by atoms with E-state index in [-0.39, 0.29) is 0 Å². The van der Waals surface area contributed by atoms with E-state index < -0.39 is 10.8 Å². The third kappa shape index (κ3) is 2.55. The van der Waals surface area contributed by atoms with Crippen LogP contribution in [0.3, 0.4) is 0 Å². The summed E-state index contributed by atoms with van der Waals surface area (Å²) in [4.78, 5) is 0.788. The number of nitrogen functional groups attached to an aromatic ring is 1. The van der Waals surface area contributed by atoms with Crippen LogP contribution in [0.2, 0.25) is 0 Å². The Morgan fingerprint density at radius 1 is 1.41 bits per heavy atom. The van der Waals surface area contributed by atoms with Gasteiger partial charge in [0.25, 0.3) is 0 Å². The van der Waals surface area contributed by atoms with E-state index in [0.29, 0.717) is 11.4 Å². The van der Waals surface area contributed by atoms with E-state index in [4.69, 9.17) is 5.73 Å². The van der Waals surface area contributed by atoms with Crippen LogP contribution in [0, 0.1) is 6.92 Å². The van der Waals surface area contributed by atoms with Gasteiger partial charge in [0.15, 0.2) is 0 Å². The maximum absolute atomic E-state index is 12.2. The summed E-state index contributed by atoms with van der Waals surface area (Å²) in [6, 6.07) is 7.37. The molecule has 0 aliphatic carbocycles. The SMILES string of the molecule is Cc1c(N)cccc1S(=O)Cc1ccn(C)n1. The van der Waals surface area contributed by atoms with Gasteiger partial charge in [0.1, 0.15) is 0 Å². The summed E-state index contributed by atoms with van der Waals surface area (Å²) < 4.78 is 13.9. The number of benzene rings is 1. The number of aryl methyl sites for hydroxylation is 1. The molecule has 1 unspecified atom stereocenters. The summed E-state index contributed by atoms with van der Waals surface area (Å²) >= 11 is 0. The van der Waals surface area contributed by atoms with Gasteiger partial charge in [-0.3, -0.25) is 8.89 Å². The van der Waals surface area contributed by atoms with Gasteiger partial charge in [0.05, 0.1) is 22.2 Å². The highest BCUT2D eigenvalue weighted by Crippen LogP contribution is 2.20. The van der Waals surface area contributed by atoms with E-state index in [1.54, 1.807) is 4.68 Å². The fourth-order valence-electron chi connectivity index (χ4n) is 1.63. The fourth-order valence-corrected chi connectivity index (χ4v) is 2.90. The molecular weight excluding hydrogens is 234 g/mol. The highest BCUT2D eigenvalue weighted by atomic mass is 32.2. The molecule has 5 heteroatoms. The van der Waals surface area contributed by atoms with Crippen LogP contribution < -0.4 is 5.73 Å². The normalized spacial score (nSPS) is 12.6. The number of nitrogens with zero attached hydrogens (tertiary/aromatic N) is 2. The lowest BCUT2D eigenvalue weighted by Gasteiger charge is -2.06. The topological polar surface area (TPSA) is 60.9 Å². The minimum Gasteiger partial charge on any atom is -0.398 e. The number of nitrogens with two attached hydrogens (primary N) is 1. The van der Waals surface area contributed by atoms with Crippen molar-refractivity contribution in [3.05, 3.63) is 41.7 Å². The first-order chi connectivity index (χ1) is 8.08. The lowest BCUT2D eigenvalue weighted by atomic mass is 10.2. The molecule has 1 aromatic heterocycles. The van der Waals surface area contributed by atoms with E-state index in [2.05, 4.69) is 5.10 Å². The molecule has 90 valence electrons. The van der Waals surface area contributed by atoms with Crippen molar-refractivity contribution >= 4 is 16.5 Å². The van der Waals surface area contributed by atoms with Gasteiger partial charge in [-0.05, 0) is 30.7 Å². The molecule has 0 amide bonds. The second-order valence-electron chi connectivity index (χ2n) is 3.94. The minimum atomic E-state index is -1.10. The Bertz CT molecular complexity index is 563. The van der Waals surface area contributed by atoms with Crippen molar-refractivity contribution in [1.82, 2.24) is 9.78 Å². The number of hydrogen-bond donors (Lipinski definition) is 1. The van der Waals surface area contributed by atoms with Gasteiger partial charge in [-0.15, -0.1) is 0 Å². The van der Waals surface area contributed by atoms with E-state index >= 15 is 0 Å². The van der Waals surface area contributed by atoms with E-state index in [1.165, 1.54) is 0 Å². The Kier molecular flexibility index (Phi) is 3.28. The third-order valence-electron chi connectivity index (χ3n) is 2.62. The van der Waals surface area contributed by atoms with Gasteiger partial charge in [-0.2, -0.15) is 5.10 Å². The average molecular weight is 249 g/mol. The predicted molar refractivity (Wildman–Crippen MR) is 68.9 cm³/mol. The lowest BCUT2D eigenvalue weighted by Crippen LogP contribution is -2.02. The zero-order valence-electron chi connectivity index (χ0n) is 9.88. The number of aromatic nitrogens is 2. The summed E-state index contributed by atoms with van der Waals surface area (Å²) in [5, 5.41) is 4.22. The summed E-state index contributed by atoms with van der Waals surface area (Å²) in [5.74, 6) is 0.422. The molecule has 2 aromatic rings. The third-order valence-corrected chi connectivity index (χ3v) is 4.11. The molecule has 0 aliphatic rings. The van der Waals surface area contributed by atoms with Crippen LogP contribution in [0.4, 0.5) is 5.69 Å². The van der Waals surface area contributed by atoms with Gasteiger partial charge in [0.2, 0.25) is 0 Å². The maximum Gasteiger partial charge on any atom is 0.0753 e. The quantitative estimate of drug-likeness (QED) is 0.841. The number of rotatable bonds is 3. The number of anilines is 1. The van der Waals surface area contributed by atoms with Crippen molar-refractivity contribution < 1.29 is 4.21 Å². The smallest absolute Gasteiger partial charge is 0.0753 e. The molecular formula is C12H15N3OS. The van der Waals surface area contributed by atoms with Crippen LogP contribution in [0.5, 0.6) is 0 Å². The second kappa shape index (κ2) is 4.71. The molecule has 17 heavy (non-hydrogen) atoms. The van der Waals surface area contributed by atoms with Crippen LogP contribution in [-0.2, 0) is 23.6 Å². The molecule has 2 rings (SSSR count). The zero-order valence-corrected chi connectivity index (χ0v) is 10.7. The summed E-state index contributed by atoms with van der Waals surface area (Å²) in [5.41, 5.74) is 8.20. The van der Waals surface area contributed by atoms with Gasteiger partial charge in [-0.1, -0.05) is 6.07 Å². The Hall–Kier alpha value is -1.62. The molecule has 0 saturated carbocycles. The minimum absolute atomic E-state index is 0.422. The Balaban J connectivity index is 2.23. The van der Waals surface area contributed by atoms with Crippen molar-refractivity contribution in [3.63, 3.8) is 0 Å². The van der Waals surface area contributed by atoms with Crippen molar-refractivity contribution in [1.29, 1.82) is 0 Å². The Morgan fingerprint density at radius 2 is 2.18 bits per heavy atom. The van der Waals surface area contributed by atoms with Gasteiger partial charge >= 0.3 is 0 Å². The van der Waals surface area contributed by atoms with Crippen molar-refractivity contribution in [2.45, 2.75) is 17.6 Å². The fraction of sp³-hybridized carbons (Fsp3) is 0.250. The molecule has 0 saturated heterocycles. The number of hydrogen-bond acceptors (Lipinski definition) is 3. The van der Waals surface area contributed by atoms with Crippen molar-refractivity contribution in [3.8, 4) is 0 Å². The molecule has 1 aromatic carbocycles. The standard InChI is InChI=1S/C12H15N3OS/c1-9-11(13)4-3-5-12(9)17(16)8-10-6-7-15(2)14-10/h3-7H,8,13H2,1-2H3. The molecule has 0 fully saturated rings. The summed E-state index contributed by atoms with van der Waals surface area (Å²) in [7, 11) is 0.747. The molecule has 0 bridgehead atoms. The largest absolute Gasteiger partial charge is 0.398 e. The van der Waals surface area contributed by atoms with Gasteiger partial charge in [0, 0.05) is 23.8 Å². The van der Waals surface area contributed by atoms with Crippen LogP contribution >= 0.6 is 0 Å². The summed E-state index contributed by atoms with van der Waals surface area (Å²) in [6.45, 7) is 1.89. The average Bonchev–Trinajstić information content (AvgIpc) is 2.68. The molecule has 0 aliphatic heterocycles. The molecule has 1 atom stereocenters.